The highest BCUT2D eigenvalue weighted by Crippen LogP contribution is 2.35. The Morgan fingerprint density at radius 2 is 1.29 bits per heavy atom. The van der Waals surface area contributed by atoms with Gasteiger partial charge in [0.1, 0.15) is 12.9 Å². The van der Waals surface area contributed by atoms with Gasteiger partial charge in [0.15, 0.2) is 0 Å². The summed E-state index contributed by atoms with van der Waals surface area (Å²) in [5.74, 6) is -0.382. The van der Waals surface area contributed by atoms with E-state index >= 15 is 0 Å². The molecule has 320 valence electrons. The zero-order chi connectivity index (χ0) is 40.0. The van der Waals surface area contributed by atoms with Crippen LogP contribution < -0.4 is 0 Å². The molecule has 1 aromatic rings. The fourth-order valence-corrected chi connectivity index (χ4v) is 9.69. The summed E-state index contributed by atoms with van der Waals surface area (Å²) < 4.78 is 61.5. The lowest BCUT2D eigenvalue weighted by Gasteiger charge is -2.23. The van der Waals surface area contributed by atoms with Crippen molar-refractivity contribution in [2.24, 2.45) is 0 Å². The van der Waals surface area contributed by atoms with Crippen LogP contribution in [0.2, 0.25) is 0 Å². The molecule has 10 heteroatoms. The summed E-state index contributed by atoms with van der Waals surface area (Å²) >= 11 is 0. The molecule has 0 N–H and O–H groups in total. The molecule has 0 saturated carbocycles. The lowest BCUT2D eigenvalue weighted by Crippen LogP contribution is -2.28. The van der Waals surface area contributed by atoms with Crippen LogP contribution in [-0.4, -0.2) is 71.0 Å². The van der Waals surface area contributed by atoms with Crippen LogP contribution in [0.15, 0.2) is 40.8 Å². The highest BCUT2D eigenvalue weighted by Gasteiger charge is 2.38. The first-order valence-corrected chi connectivity index (χ1v) is 23.9. The third kappa shape index (κ3) is 17.6. The van der Waals surface area contributed by atoms with Gasteiger partial charge in [-0.15, -0.1) is 0 Å². The number of aryl methyl sites for hydroxylation is 1. The molecular weight excluding hydrogens is 729 g/mol. The van der Waals surface area contributed by atoms with Crippen LogP contribution in [0.3, 0.4) is 0 Å². The number of hydrogen-bond donors (Lipinski definition) is 0. The molecule has 3 aliphatic rings. The molecule has 0 unspecified atom stereocenters. The van der Waals surface area contributed by atoms with Crippen molar-refractivity contribution >= 4 is 16.1 Å². The van der Waals surface area contributed by atoms with Crippen molar-refractivity contribution in [1.82, 2.24) is 0 Å². The molecule has 9 nitrogen and oxygen atoms in total. The van der Waals surface area contributed by atoms with Crippen LogP contribution in [0.4, 0.5) is 0 Å². The zero-order valence-electron chi connectivity index (χ0n) is 35.4. The largest absolute Gasteiger partial charge is 0.455 e. The van der Waals surface area contributed by atoms with Gasteiger partial charge in [-0.3, -0.25) is 4.18 Å². The second-order valence-corrected chi connectivity index (χ2v) is 18.4. The van der Waals surface area contributed by atoms with E-state index in [0.717, 1.165) is 69.8 Å². The molecule has 7 atom stereocenters. The Morgan fingerprint density at radius 1 is 0.732 bits per heavy atom. The number of methoxy groups -OCH3 is 1. The van der Waals surface area contributed by atoms with Crippen LogP contribution >= 0.6 is 0 Å². The predicted molar refractivity (Wildman–Crippen MR) is 222 cm³/mol. The molecule has 0 aromatic heterocycles. The maximum Gasteiger partial charge on any atom is 0.334 e. The van der Waals surface area contributed by atoms with Gasteiger partial charge >= 0.3 is 5.97 Å². The predicted octanol–water partition coefficient (Wildman–Crippen LogP) is 11.2. The zero-order valence-corrected chi connectivity index (χ0v) is 36.2. The molecule has 56 heavy (non-hydrogen) atoms. The van der Waals surface area contributed by atoms with Crippen molar-refractivity contribution in [2.45, 2.75) is 229 Å². The summed E-state index contributed by atoms with van der Waals surface area (Å²) in [5, 5.41) is 0. The number of esters is 1. The Balaban J connectivity index is 1.04. The molecular formula is C46H76O9S. The Hall–Kier alpha value is -1.82. The van der Waals surface area contributed by atoms with Gasteiger partial charge in [-0.05, 0) is 83.4 Å². The number of unbranched alkanes of at least 4 members (excludes halogenated alkanes) is 14. The summed E-state index contributed by atoms with van der Waals surface area (Å²) in [6.07, 6.45) is 30.1. The molecule has 4 rings (SSSR count). The number of carbonyl (C=O) groups excluding carboxylic acids is 1. The smallest absolute Gasteiger partial charge is 0.334 e. The third-order valence-corrected chi connectivity index (χ3v) is 13.2. The van der Waals surface area contributed by atoms with Gasteiger partial charge in [-0.1, -0.05) is 127 Å². The second kappa shape index (κ2) is 26.3. The maximum absolute atomic E-state index is 13.1. The van der Waals surface area contributed by atoms with Crippen molar-refractivity contribution in [3.8, 4) is 0 Å². The summed E-state index contributed by atoms with van der Waals surface area (Å²) in [6.45, 7) is 6.34. The molecule has 3 heterocycles. The summed E-state index contributed by atoms with van der Waals surface area (Å²) in [4.78, 5) is 12.4. The van der Waals surface area contributed by atoms with Gasteiger partial charge in [-0.2, -0.15) is 8.42 Å². The van der Waals surface area contributed by atoms with E-state index in [0.29, 0.717) is 24.9 Å². The van der Waals surface area contributed by atoms with Crippen molar-refractivity contribution in [3.05, 3.63) is 41.5 Å². The minimum absolute atomic E-state index is 0.137. The summed E-state index contributed by atoms with van der Waals surface area (Å²) in [6, 6.07) is 6.66. The lowest BCUT2D eigenvalue weighted by molar-refractivity contribution is -0.139. The van der Waals surface area contributed by atoms with E-state index in [1.54, 1.807) is 44.4 Å². The Labute approximate surface area is 340 Å². The minimum Gasteiger partial charge on any atom is -0.455 e. The van der Waals surface area contributed by atoms with Crippen LogP contribution in [0.1, 0.15) is 180 Å². The first-order chi connectivity index (χ1) is 27.2. The summed E-state index contributed by atoms with van der Waals surface area (Å²) in [7, 11) is -2.24. The molecule has 2 saturated heterocycles. The van der Waals surface area contributed by atoms with Gasteiger partial charge in [0.2, 0.25) is 0 Å². The average Bonchev–Trinajstić information content (AvgIpc) is 3.92. The Morgan fingerprint density at radius 3 is 1.88 bits per heavy atom. The lowest BCUT2D eigenvalue weighted by atomic mass is 10.0. The van der Waals surface area contributed by atoms with Crippen molar-refractivity contribution in [1.29, 1.82) is 0 Å². The van der Waals surface area contributed by atoms with E-state index < -0.39 is 16.2 Å². The Kier molecular flexibility index (Phi) is 22.0. The highest BCUT2D eigenvalue weighted by atomic mass is 32.2. The van der Waals surface area contributed by atoms with E-state index in [9.17, 15) is 13.2 Å². The van der Waals surface area contributed by atoms with Gasteiger partial charge in [0.05, 0.1) is 41.5 Å². The molecule has 1 aromatic carbocycles. The molecule has 2 fully saturated rings. The fourth-order valence-electron chi connectivity index (χ4n) is 8.59. The molecule has 0 spiro atoms. The van der Waals surface area contributed by atoms with Crippen LogP contribution in [0, 0.1) is 6.92 Å². The first-order valence-electron chi connectivity index (χ1n) is 22.5. The Bertz CT molecular complexity index is 1360. The highest BCUT2D eigenvalue weighted by molar-refractivity contribution is 7.86. The topological polar surface area (TPSA) is 107 Å². The fraction of sp³-hybridized carbons (Fsp3) is 0.804. The number of rotatable bonds is 31. The normalized spacial score (nSPS) is 23.8. The van der Waals surface area contributed by atoms with Crippen LogP contribution in [0.5, 0.6) is 0 Å². The van der Waals surface area contributed by atoms with Gasteiger partial charge in [0.25, 0.3) is 10.1 Å². The molecule has 0 radical (unpaired) electrons. The SMILES string of the molecule is CCCCCCCCCC[C@H](C[C@H]1CC[C@H]([C@H]2CC[C@H](CCCCCCCCCC[C@@H](CC3=C[C@@H](C)OC3=O)OS(=O)(=O)c3ccc(C)cc3)O2)O1)OCOC. The standard InChI is InChI=1S/C46H76O9S/c1-5-6-7-8-9-12-16-19-22-40(51-35-50-4)34-41-27-31-45(54-41)44-30-26-39(53-44)21-18-15-13-10-11-14-17-20-23-42(33-38-32-37(3)52-46(38)47)55-56(48,49)43-28-24-36(2)25-29-43/h24-25,28-29,32,37,39-42,44-45H,5-23,26-27,30-31,33-35H2,1-4H3/t37-,39+,40-,41-,42+,44-,45-/m1/s1. The van der Waals surface area contributed by atoms with E-state index in [-0.39, 0.29) is 47.8 Å². The number of carbonyl (C=O) groups is 1. The van der Waals surface area contributed by atoms with Gasteiger partial charge < -0.3 is 23.7 Å². The van der Waals surface area contributed by atoms with Gasteiger partial charge in [-0.25, -0.2) is 4.79 Å². The molecule has 3 aliphatic heterocycles. The number of benzene rings is 1. The third-order valence-electron chi connectivity index (χ3n) is 11.8. The molecule has 0 aliphatic carbocycles. The number of ether oxygens (including phenoxy) is 5. The van der Waals surface area contributed by atoms with Crippen molar-refractivity contribution in [2.75, 3.05) is 13.9 Å². The van der Waals surface area contributed by atoms with E-state index in [1.807, 2.05) is 6.92 Å². The van der Waals surface area contributed by atoms with Gasteiger partial charge in [0, 0.05) is 19.1 Å². The quantitative estimate of drug-likeness (QED) is 0.0314. The molecule has 0 amide bonds. The monoisotopic (exact) mass is 805 g/mol. The number of hydrogen-bond acceptors (Lipinski definition) is 9. The average molecular weight is 805 g/mol. The maximum atomic E-state index is 13.1. The molecule has 0 bridgehead atoms. The van der Waals surface area contributed by atoms with Crippen LogP contribution in [-0.2, 0) is 42.8 Å². The summed E-state index contributed by atoms with van der Waals surface area (Å²) in [5.41, 5.74) is 1.48. The van der Waals surface area contributed by atoms with Crippen molar-refractivity contribution in [3.63, 3.8) is 0 Å². The number of cyclic esters (lactones) is 1. The minimum atomic E-state index is -3.94. The van der Waals surface area contributed by atoms with E-state index in [2.05, 4.69) is 6.92 Å². The van der Waals surface area contributed by atoms with E-state index in [1.165, 1.54) is 83.5 Å². The van der Waals surface area contributed by atoms with Crippen LogP contribution in [0.25, 0.3) is 0 Å². The first kappa shape index (κ1) is 46.9. The van der Waals surface area contributed by atoms with Crippen molar-refractivity contribution < 1.29 is 41.1 Å². The van der Waals surface area contributed by atoms with E-state index in [4.69, 9.17) is 27.9 Å². The second-order valence-electron chi connectivity index (χ2n) is 16.8.